The fourth-order valence-electron chi connectivity index (χ4n) is 2.55. The molecule has 1 aliphatic rings. The third-order valence-electron chi connectivity index (χ3n) is 3.96. The minimum atomic E-state index is -0.751. The van der Waals surface area contributed by atoms with Crippen LogP contribution in [-0.2, 0) is 6.54 Å². The largest absolute Gasteiger partial charge is 0.491 e. The van der Waals surface area contributed by atoms with Gasteiger partial charge in [-0.3, -0.25) is 0 Å². The number of rotatable bonds is 8. The highest BCUT2D eigenvalue weighted by atomic mass is 19.1. The highest BCUT2D eigenvalue weighted by Crippen LogP contribution is 2.32. The Bertz CT molecular complexity index is 799. The number of aliphatic hydroxyl groups is 1. The summed E-state index contributed by atoms with van der Waals surface area (Å²) >= 11 is 0. The maximum absolute atomic E-state index is 12.9. The molecule has 3 rings (SSSR count). The number of hydrogen-bond donors (Lipinski definition) is 3. The van der Waals surface area contributed by atoms with Crippen LogP contribution in [0.2, 0.25) is 0 Å². The SMILES string of the molecule is CCNC(=NCc1ccc2c(c1)OCO2)NCC(O)COc1ccc(F)cc1. The van der Waals surface area contributed by atoms with E-state index in [-0.39, 0.29) is 25.8 Å². The predicted molar refractivity (Wildman–Crippen MR) is 103 cm³/mol. The van der Waals surface area contributed by atoms with E-state index in [4.69, 9.17) is 14.2 Å². The molecular weight excluding hydrogens is 365 g/mol. The van der Waals surface area contributed by atoms with Crippen molar-refractivity contribution in [1.29, 1.82) is 0 Å². The van der Waals surface area contributed by atoms with Crippen molar-refractivity contribution in [3.05, 3.63) is 53.8 Å². The van der Waals surface area contributed by atoms with E-state index < -0.39 is 6.10 Å². The second kappa shape index (κ2) is 9.80. The minimum absolute atomic E-state index is 0.0835. The Morgan fingerprint density at radius 2 is 1.96 bits per heavy atom. The van der Waals surface area contributed by atoms with Crippen LogP contribution >= 0.6 is 0 Å². The summed E-state index contributed by atoms with van der Waals surface area (Å²) in [7, 11) is 0. The lowest BCUT2D eigenvalue weighted by Crippen LogP contribution is -2.42. The molecule has 0 aliphatic carbocycles. The summed E-state index contributed by atoms with van der Waals surface area (Å²) in [5, 5.41) is 16.3. The van der Waals surface area contributed by atoms with Gasteiger partial charge in [0, 0.05) is 13.1 Å². The van der Waals surface area contributed by atoms with E-state index in [1.54, 1.807) is 0 Å². The molecular formula is C20H24FN3O4. The molecule has 2 aromatic carbocycles. The number of ether oxygens (including phenoxy) is 3. The Morgan fingerprint density at radius 1 is 1.18 bits per heavy atom. The second-order valence-electron chi connectivity index (χ2n) is 6.18. The summed E-state index contributed by atoms with van der Waals surface area (Å²) in [5.74, 6) is 2.22. The third kappa shape index (κ3) is 5.75. The molecule has 0 amide bonds. The van der Waals surface area contributed by atoms with Gasteiger partial charge in [-0.15, -0.1) is 0 Å². The smallest absolute Gasteiger partial charge is 0.231 e. The van der Waals surface area contributed by atoms with E-state index >= 15 is 0 Å². The van der Waals surface area contributed by atoms with Gasteiger partial charge in [0.2, 0.25) is 6.79 Å². The lowest BCUT2D eigenvalue weighted by atomic mass is 10.2. The first-order valence-electron chi connectivity index (χ1n) is 9.11. The molecule has 8 heteroatoms. The van der Waals surface area contributed by atoms with E-state index in [1.165, 1.54) is 24.3 Å². The molecule has 0 saturated carbocycles. The fraction of sp³-hybridized carbons (Fsp3) is 0.350. The lowest BCUT2D eigenvalue weighted by molar-refractivity contribution is 0.110. The maximum atomic E-state index is 12.9. The molecule has 2 aromatic rings. The highest BCUT2D eigenvalue weighted by molar-refractivity contribution is 5.79. The number of guanidine groups is 1. The van der Waals surface area contributed by atoms with E-state index in [0.717, 1.165) is 17.1 Å². The lowest BCUT2D eigenvalue weighted by Gasteiger charge is -2.16. The van der Waals surface area contributed by atoms with Crippen LogP contribution in [-0.4, -0.2) is 43.7 Å². The normalized spacial score (nSPS) is 13.9. The first-order chi connectivity index (χ1) is 13.6. The standard InChI is InChI=1S/C20H24FN3O4/c1-2-22-20(23-10-14-3-8-18-19(9-14)28-13-27-18)24-11-16(25)12-26-17-6-4-15(21)5-7-17/h3-9,16,25H,2,10-13H2,1H3,(H2,22,23,24). The van der Waals surface area contributed by atoms with Crippen LogP contribution in [0.1, 0.15) is 12.5 Å². The summed E-state index contributed by atoms with van der Waals surface area (Å²) in [4.78, 5) is 4.51. The van der Waals surface area contributed by atoms with Crippen LogP contribution in [0.15, 0.2) is 47.5 Å². The highest BCUT2D eigenvalue weighted by Gasteiger charge is 2.13. The Morgan fingerprint density at radius 3 is 2.75 bits per heavy atom. The van der Waals surface area contributed by atoms with Crippen LogP contribution < -0.4 is 24.8 Å². The monoisotopic (exact) mass is 389 g/mol. The van der Waals surface area contributed by atoms with E-state index in [1.807, 2.05) is 25.1 Å². The van der Waals surface area contributed by atoms with Crippen LogP contribution in [0.4, 0.5) is 4.39 Å². The number of aliphatic hydroxyl groups excluding tert-OH is 1. The summed E-state index contributed by atoms with van der Waals surface area (Å²) in [5.41, 5.74) is 0.988. The molecule has 1 aliphatic heterocycles. The van der Waals surface area contributed by atoms with Crippen molar-refractivity contribution >= 4 is 5.96 Å². The molecule has 0 saturated heterocycles. The van der Waals surface area contributed by atoms with Gasteiger partial charge in [0.25, 0.3) is 0 Å². The van der Waals surface area contributed by atoms with E-state index in [2.05, 4.69) is 15.6 Å². The molecule has 150 valence electrons. The van der Waals surface area contributed by atoms with Crippen molar-refractivity contribution in [2.24, 2.45) is 4.99 Å². The maximum Gasteiger partial charge on any atom is 0.231 e. The molecule has 28 heavy (non-hydrogen) atoms. The van der Waals surface area contributed by atoms with Gasteiger partial charge in [0.1, 0.15) is 24.3 Å². The van der Waals surface area contributed by atoms with Gasteiger partial charge in [-0.1, -0.05) is 6.07 Å². The fourth-order valence-corrected chi connectivity index (χ4v) is 2.55. The molecule has 0 fully saturated rings. The molecule has 3 N–H and O–H groups in total. The quantitative estimate of drug-likeness (QED) is 0.473. The van der Waals surface area contributed by atoms with Gasteiger partial charge in [-0.2, -0.15) is 0 Å². The Labute approximate surface area is 163 Å². The number of nitrogens with zero attached hydrogens (tertiary/aromatic N) is 1. The van der Waals surface area contributed by atoms with Crippen molar-refractivity contribution in [3.8, 4) is 17.2 Å². The molecule has 1 atom stereocenters. The van der Waals surface area contributed by atoms with Gasteiger partial charge in [0.05, 0.1) is 6.54 Å². The average molecular weight is 389 g/mol. The zero-order valence-electron chi connectivity index (χ0n) is 15.7. The number of halogens is 1. The van der Waals surface area contributed by atoms with E-state index in [0.29, 0.717) is 24.8 Å². The summed E-state index contributed by atoms with van der Waals surface area (Å²) in [6.07, 6.45) is -0.751. The topological polar surface area (TPSA) is 84.3 Å². The molecule has 0 aromatic heterocycles. The molecule has 1 unspecified atom stereocenters. The van der Waals surface area contributed by atoms with Gasteiger partial charge in [0.15, 0.2) is 17.5 Å². The summed E-state index contributed by atoms with van der Waals surface area (Å²) < 4.78 is 29.0. The van der Waals surface area contributed by atoms with Crippen molar-refractivity contribution in [2.45, 2.75) is 19.6 Å². The number of aliphatic imine (C=N–C) groups is 1. The van der Waals surface area contributed by atoms with Crippen molar-refractivity contribution in [2.75, 3.05) is 26.5 Å². The second-order valence-corrected chi connectivity index (χ2v) is 6.18. The molecule has 0 spiro atoms. The zero-order valence-corrected chi connectivity index (χ0v) is 15.7. The molecule has 1 heterocycles. The van der Waals surface area contributed by atoms with Crippen LogP contribution in [0.25, 0.3) is 0 Å². The van der Waals surface area contributed by atoms with Gasteiger partial charge in [-0.05, 0) is 48.9 Å². The first-order valence-corrected chi connectivity index (χ1v) is 9.11. The number of benzene rings is 2. The van der Waals surface area contributed by atoms with Crippen molar-refractivity contribution in [1.82, 2.24) is 10.6 Å². The van der Waals surface area contributed by atoms with Crippen LogP contribution in [0, 0.1) is 5.82 Å². The Hall–Kier alpha value is -3.00. The molecule has 0 bridgehead atoms. The number of hydrogen-bond acceptors (Lipinski definition) is 5. The first kappa shape index (κ1) is 19.8. The molecule has 7 nitrogen and oxygen atoms in total. The third-order valence-corrected chi connectivity index (χ3v) is 3.96. The number of fused-ring (bicyclic) bond motifs is 1. The average Bonchev–Trinajstić information content (AvgIpc) is 3.17. The van der Waals surface area contributed by atoms with Crippen molar-refractivity contribution in [3.63, 3.8) is 0 Å². The minimum Gasteiger partial charge on any atom is -0.491 e. The van der Waals surface area contributed by atoms with Gasteiger partial charge in [-0.25, -0.2) is 9.38 Å². The predicted octanol–water partition coefficient (Wildman–Crippen LogP) is 2.05. The Balaban J connectivity index is 1.47. The van der Waals surface area contributed by atoms with E-state index in [9.17, 15) is 9.50 Å². The summed E-state index contributed by atoms with van der Waals surface area (Å²) in [6, 6.07) is 11.4. The van der Waals surface area contributed by atoms with Crippen LogP contribution in [0.5, 0.6) is 17.2 Å². The Kier molecular flexibility index (Phi) is 6.91. The number of nitrogens with one attached hydrogen (secondary N) is 2. The van der Waals surface area contributed by atoms with Crippen LogP contribution in [0.3, 0.4) is 0 Å². The zero-order chi connectivity index (χ0) is 19.8. The van der Waals surface area contributed by atoms with Gasteiger partial charge < -0.3 is 30.0 Å². The molecule has 0 radical (unpaired) electrons. The van der Waals surface area contributed by atoms with Gasteiger partial charge >= 0.3 is 0 Å². The summed E-state index contributed by atoms with van der Waals surface area (Å²) in [6.45, 7) is 3.69. The van der Waals surface area contributed by atoms with Crippen molar-refractivity contribution < 1.29 is 23.7 Å².